The van der Waals surface area contributed by atoms with E-state index in [1.807, 2.05) is 36.1 Å². The van der Waals surface area contributed by atoms with Crippen molar-refractivity contribution >= 4 is 11.9 Å². The number of benzene rings is 3. The van der Waals surface area contributed by atoms with E-state index in [2.05, 4.69) is 67.7 Å². The maximum Gasteiger partial charge on any atom is 0.303 e. The van der Waals surface area contributed by atoms with E-state index in [-0.39, 0.29) is 18.0 Å². The molecule has 3 aromatic carbocycles. The summed E-state index contributed by atoms with van der Waals surface area (Å²) in [5.41, 5.74) is 5.87. The summed E-state index contributed by atoms with van der Waals surface area (Å²) in [6.07, 6.45) is -0.825. The average Bonchev–Trinajstić information content (AvgIpc) is 3.53. The minimum absolute atomic E-state index is 0.0593. The first-order chi connectivity index (χ1) is 15.8. The summed E-state index contributed by atoms with van der Waals surface area (Å²) in [4.78, 5) is 27.2. The van der Waals surface area contributed by atoms with Gasteiger partial charge >= 0.3 is 5.97 Å². The largest absolute Gasteiger partial charge is 0.450 e. The van der Waals surface area contributed by atoms with Crippen molar-refractivity contribution in [3.8, 4) is 0 Å². The average molecular weight is 441 g/mol. The van der Waals surface area contributed by atoms with Crippen molar-refractivity contribution in [1.82, 2.24) is 10.2 Å². The van der Waals surface area contributed by atoms with Gasteiger partial charge in [0.15, 0.2) is 0 Å². The molecule has 0 aliphatic carbocycles. The third kappa shape index (κ3) is 3.53. The lowest BCUT2D eigenvalue weighted by Crippen LogP contribution is -2.65. The number of rotatable bonds is 5. The smallest absolute Gasteiger partial charge is 0.303 e. The van der Waals surface area contributed by atoms with Gasteiger partial charge in [-0.25, -0.2) is 0 Å². The third-order valence-corrected chi connectivity index (χ3v) is 6.74. The Kier molecular flexibility index (Phi) is 5.09. The number of esters is 1. The number of amides is 1. The molecule has 0 saturated carbocycles. The standard InChI is InChI=1S/C28H28N2O3/c1-17-5-11-21(12-6-17)24-25(33-20(4)31)27(32)30(24)28(23-15-9-19(3)10-16-23)26(29-28)22-13-7-18(2)8-14-22/h5-16,24-26,29H,1-4H3/t24?,25?,26-,28+/m0/s1. The van der Waals surface area contributed by atoms with Crippen LogP contribution in [0.1, 0.15) is 52.4 Å². The van der Waals surface area contributed by atoms with Crippen LogP contribution in [0.2, 0.25) is 0 Å². The zero-order valence-corrected chi connectivity index (χ0v) is 19.3. The van der Waals surface area contributed by atoms with Crippen LogP contribution in [0.3, 0.4) is 0 Å². The van der Waals surface area contributed by atoms with E-state index in [9.17, 15) is 9.59 Å². The number of likely N-dealkylation sites (tertiary alicyclic amines) is 1. The van der Waals surface area contributed by atoms with Gasteiger partial charge in [-0.05, 0) is 37.5 Å². The molecule has 2 aliphatic heterocycles. The van der Waals surface area contributed by atoms with Crippen LogP contribution in [0.4, 0.5) is 0 Å². The number of nitrogens with zero attached hydrogens (tertiary/aromatic N) is 1. The lowest BCUT2D eigenvalue weighted by Gasteiger charge is -2.50. The molecule has 2 saturated heterocycles. The van der Waals surface area contributed by atoms with E-state index in [1.54, 1.807) is 0 Å². The Labute approximate surface area is 194 Å². The minimum atomic E-state index is -0.825. The van der Waals surface area contributed by atoms with Crippen LogP contribution in [-0.4, -0.2) is 22.9 Å². The van der Waals surface area contributed by atoms with Gasteiger partial charge in [0.05, 0.1) is 6.04 Å². The molecule has 0 spiro atoms. The normalized spacial score (nSPS) is 26.0. The molecule has 5 rings (SSSR count). The lowest BCUT2D eigenvalue weighted by atomic mass is 9.84. The molecule has 0 aromatic heterocycles. The van der Waals surface area contributed by atoms with Crippen molar-refractivity contribution in [1.29, 1.82) is 0 Å². The first-order valence-corrected chi connectivity index (χ1v) is 11.3. The topological polar surface area (TPSA) is 68.6 Å². The molecule has 2 fully saturated rings. The maximum absolute atomic E-state index is 13.5. The Hall–Kier alpha value is -3.44. The maximum atomic E-state index is 13.5. The van der Waals surface area contributed by atoms with Crippen LogP contribution in [0, 0.1) is 20.8 Å². The molecule has 33 heavy (non-hydrogen) atoms. The molecule has 5 nitrogen and oxygen atoms in total. The third-order valence-electron chi connectivity index (χ3n) is 6.74. The zero-order chi connectivity index (χ0) is 23.3. The molecule has 3 aromatic rings. The van der Waals surface area contributed by atoms with Crippen LogP contribution < -0.4 is 5.32 Å². The second-order valence-electron chi connectivity index (χ2n) is 9.21. The fourth-order valence-corrected chi connectivity index (χ4v) is 4.90. The summed E-state index contributed by atoms with van der Waals surface area (Å²) in [6, 6.07) is 24.3. The second kappa shape index (κ2) is 7.85. The molecule has 1 amide bonds. The highest BCUT2D eigenvalue weighted by molar-refractivity contribution is 5.92. The monoisotopic (exact) mass is 440 g/mol. The molecule has 0 bridgehead atoms. The van der Waals surface area contributed by atoms with Crippen molar-refractivity contribution in [2.45, 2.75) is 51.5 Å². The fraction of sp³-hybridized carbons (Fsp3) is 0.286. The van der Waals surface area contributed by atoms with Gasteiger partial charge in [0, 0.05) is 6.92 Å². The Bertz CT molecular complexity index is 1200. The minimum Gasteiger partial charge on any atom is -0.450 e. The highest BCUT2D eigenvalue weighted by atomic mass is 16.6. The number of hydrogen-bond acceptors (Lipinski definition) is 4. The molecule has 0 radical (unpaired) electrons. The van der Waals surface area contributed by atoms with E-state index in [0.717, 1.165) is 27.8 Å². The second-order valence-corrected chi connectivity index (χ2v) is 9.21. The summed E-state index contributed by atoms with van der Waals surface area (Å²) in [7, 11) is 0. The van der Waals surface area contributed by atoms with E-state index < -0.39 is 17.7 Å². The van der Waals surface area contributed by atoms with Gasteiger partial charge in [-0.3, -0.25) is 14.9 Å². The van der Waals surface area contributed by atoms with Gasteiger partial charge < -0.3 is 9.64 Å². The first-order valence-electron chi connectivity index (χ1n) is 11.3. The summed E-state index contributed by atoms with van der Waals surface area (Å²) in [5, 5.41) is 3.64. The van der Waals surface area contributed by atoms with Crippen molar-refractivity contribution in [3.05, 3.63) is 106 Å². The molecule has 2 heterocycles. The predicted molar refractivity (Wildman–Crippen MR) is 126 cm³/mol. The van der Waals surface area contributed by atoms with Crippen molar-refractivity contribution in [3.63, 3.8) is 0 Å². The summed E-state index contributed by atoms with van der Waals surface area (Å²) >= 11 is 0. The van der Waals surface area contributed by atoms with Gasteiger partial charge in [0.1, 0.15) is 11.7 Å². The van der Waals surface area contributed by atoms with Crippen molar-refractivity contribution < 1.29 is 14.3 Å². The number of nitrogens with one attached hydrogen (secondary N) is 1. The summed E-state index contributed by atoms with van der Waals surface area (Å²) < 4.78 is 5.50. The van der Waals surface area contributed by atoms with E-state index in [4.69, 9.17) is 4.74 Å². The highest BCUT2D eigenvalue weighted by Crippen LogP contribution is 2.58. The highest BCUT2D eigenvalue weighted by Gasteiger charge is 2.69. The van der Waals surface area contributed by atoms with Gasteiger partial charge in [-0.1, -0.05) is 89.5 Å². The van der Waals surface area contributed by atoms with E-state index >= 15 is 0 Å². The molecule has 5 heteroatoms. The molecular weight excluding hydrogens is 412 g/mol. The summed E-state index contributed by atoms with van der Waals surface area (Å²) in [5.74, 6) is -0.633. The van der Waals surface area contributed by atoms with Crippen LogP contribution in [0.25, 0.3) is 0 Å². The van der Waals surface area contributed by atoms with Crippen LogP contribution in [0.5, 0.6) is 0 Å². The van der Waals surface area contributed by atoms with Crippen LogP contribution in [-0.2, 0) is 20.0 Å². The number of ether oxygens (including phenoxy) is 1. The van der Waals surface area contributed by atoms with Crippen LogP contribution in [0.15, 0.2) is 72.8 Å². The Morgan fingerprint density at radius 1 is 0.818 bits per heavy atom. The fourth-order valence-electron chi connectivity index (χ4n) is 4.90. The molecular formula is C28H28N2O3. The van der Waals surface area contributed by atoms with E-state index in [0.29, 0.717) is 0 Å². The molecule has 4 atom stereocenters. The number of aryl methyl sites for hydroxylation is 3. The van der Waals surface area contributed by atoms with Gasteiger partial charge in [0.2, 0.25) is 6.10 Å². The Morgan fingerprint density at radius 2 is 1.30 bits per heavy atom. The Balaban J connectivity index is 1.61. The molecule has 1 N–H and O–H groups in total. The SMILES string of the molecule is CC(=O)OC1C(=O)N([C@@]2(c3ccc(C)cc3)N[C@H]2c2ccc(C)cc2)C1c1ccc(C)cc1. The predicted octanol–water partition coefficient (Wildman–Crippen LogP) is 4.62. The van der Waals surface area contributed by atoms with Gasteiger partial charge in [0.25, 0.3) is 5.91 Å². The van der Waals surface area contributed by atoms with Crippen molar-refractivity contribution in [2.24, 2.45) is 0 Å². The molecule has 2 aliphatic rings. The number of carbonyl (C=O) groups excluding carboxylic acids is 2. The van der Waals surface area contributed by atoms with Gasteiger partial charge in [-0.15, -0.1) is 0 Å². The number of hydrogen-bond donors (Lipinski definition) is 1. The summed E-state index contributed by atoms with van der Waals surface area (Å²) in [6.45, 7) is 7.49. The number of carbonyl (C=O) groups is 2. The molecule has 2 unspecified atom stereocenters. The Morgan fingerprint density at radius 3 is 1.82 bits per heavy atom. The number of β-lactam (4-membered cyclic amide) rings is 1. The lowest BCUT2D eigenvalue weighted by molar-refractivity contribution is -0.190. The van der Waals surface area contributed by atoms with Crippen molar-refractivity contribution in [2.75, 3.05) is 0 Å². The quantitative estimate of drug-likeness (QED) is 0.357. The first kappa shape index (κ1) is 21.4. The van der Waals surface area contributed by atoms with Gasteiger partial charge in [-0.2, -0.15) is 0 Å². The zero-order valence-electron chi connectivity index (χ0n) is 19.3. The van der Waals surface area contributed by atoms with E-state index in [1.165, 1.54) is 12.5 Å². The molecule has 168 valence electrons. The van der Waals surface area contributed by atoms with Crippen LogP contribution >= 0.6 is 0 Å².